The summed E-state index contributed by atoms with van der Waals surface area (Å²) in [7, 11) is 0. The molecule has 1 aromatic heterocycles. The number of ether oxygens (including phenoxy) is 1. The number of anilines is 1. The van der Waals surface area contributed by atoms with Crippen molar-refractivity contribution in [3.05, 3.63) is 40.7 Å². The van der Waals surface area contributed by atoms with Crippen LogP contribution in [0.5, 0.6) is 5.88 Å². The van der Waals surface area contributed by atoms with Crippen molar-refractivity contribution < 1.29 is 27.5 Å². The fourth-order valence-electron chi connectivity index (χ4n) is 3.85. The first kappa shape index (κ1) is 25.8. The van der Waals surface area contributed by atoms with E-state index in [1.807, 2.05) is 0 Å². The SMILES string of the molecule is CC(Oc1nsc(NC(=O)NCCCNC2CCCCC2)c1C(N)=O)c1c(F)ccc(F)c1F. The summed E-state index contributed by atoms with van der Waals surface area (Å²) in [6.45, 7) is 2.46. The van der Waals surface area contributed by atoms with Gasteiger partial charge in [-0.05, 0) is 56.4 Å². The standard InChI is InChI=1S/C22H28F3N5O3S/c1-12(16-14(23)8-9-15(24)18(16)25)33-20-17(19(26)31)21(34-30-20)29-22(32)28-11-5-10-27-13-6-3-2-4-7-13/h8-9,12-13,27H,2-7,10-11H2,1H3,(H2,26,31)(H2,28,29,32). The van der Waals surface area contributed by atoms with Crippen molar-refractivity contribution in [1.29, 1.82) is 0 Å². The van der Waals surface area contributed by atoms with E-state index in [2.05, 4.69) is 20.3 Å². The van der Waals surface area contributed by atoms with Gasteiger partial charge < -0.3 is 21.1 Å². The summed E-state index contributed by atoms with van der Waals surface area (Å²) >= 11 is 0.722. The van der Waals surface area contributed by atoms with Crippen molar-refractivity contribution in [3.8, 4) is 5.88 Å². The maximum atomic E-state index is 14.1. The molecule has 0 spiro atoms. The van der Waals surface area contributed by atoms with Gasteiger partial charge in [0.1, 0.15) is 22.5 Å². The van der Waals surface area contributed by atoms with Gasteiger partial charge in [0, 0.05) is 12.6 Å². The number of nitrogens with zero attached hydrogens (tertiary/aromatic N) is 1. The molecule has 1 aliphatic rings. The van der Waals surface area contributed by atoms with Crippen molar-refractivity contribution >= 4 is 28.5 Å². The molecule has 3 rings (SSSR count). The Morgan fingerprint density at radius 1 is 1.18 bits per heavy atom. The number of hydrogen-bond acceptors (Lipinski definition) is 6. The summed E-state index contributed by atoms with van der Waals surface area (Å²) in [5.41, 5.74) is 4.50. The molecule has 1 unspecified atom stereocenters. The van der Waals surface area contributed by atoms with Crippen LogP contribution in [0.3, 0.4) is 0 Å². The summed E-state index contributed by atoms with van der Waals surface area (Å²) < 4.78 is 50.9. The Morgan fingerprint density at radius 3 is 2.59 bits per heavy atom. The second kappa shape index (κ2) is 12.0. The molecule has 1 fully saturated rings. The molecule has 186 valence electrons. The van der Waals surface area contributed by atoms with E-state index in [9.17, 15) is 22.8 Å². The molecular formula is C22H28F3N5O3S. The fourth-order valence-corrected chi connectivity index (χ4v) is 4.58. The highest BCUT2D eigenvalue weighted by Gasteiger charge is 2.27. The molecule has 34 heavy (non-hydrogen) atoms. The number of carbonyl (C=O) groups excluding carboxylic acids is 2. The van der Waals surface area contributed by atoms with Crippen LogP contribution in [-0.4, -0.2) is 35.4 Å². The number of nitrogens with two attached hydrogens (primary N) is 1. The van der Waals surface area contributed by atoms with E-state index < -0.39 is 41.1 Å². The van der Waals surface area contributed by atoms with Crippen molar-refractivity contribution in [2.45, 2.75) is 57.6 Å². The lowest BCUT2D eigenvalue weighted by molar-refractivity contribution is 0.0994. The molecule has 2 aromatic rings. The molecule has 5 N–H and O–H groups in total. The van der Waals surface area contributed by atoms with Crippen LogP contribution in [0.25, 0.3) is 0 Å². The van der Waals surface area contributed by atoms with E-state index in [1.54, 1.807) is 0 Å². The van der Waals surface area contributed by atoms with Gasteiger partial charge in [-0.1, -0.05) is 19.3 Å². The predicted octanol–water partition coefficient (Wildman–Crippen LogP) is 4.23. The Morgan fingerprint density at radius 2 is 1.88 bits per heavy atom. The Balaban J connectivity index is 1.55. The van der Waals surface area contributed by atoms with Crippen molar-refractivity contribution in [1.82, 2.24) is 15.0 Å². The van der Waals surface area contributed by atoms with E-state index in [-0.39, 0.29) is 16.4 Å². The van der Waals surface area contributed by atoms with Gasteiger partial charge in [-0.15, -0.1) is 0 Å². The highest BCUT2D eigenvalue weighted by Crippen LogP contribution is 2.34. The Kier molecular flexibility index (Phi) is 9.11. The quantitative estimate of drug-likeness (QED) is 0.288. The van der Waals surface area contributed by atoms with E-state index >= 15 is 0 Å². The van der Waals surface area contributed by atoms with Gasteiger partial charge in [0.2, 0.25) is 5.88 Å². The molecule has 1 heterocycles. The highest BCUT2D eigenvalue weighted by atomic mass is 32.1. The van der Waals surface area contributed by atoms with Crippen molar-refractivity contribution in [2.75, 3.05) is 18.4 Å². The smallest absolute Gasteiger partial charge is 0.319 e. The molecule has 0 bridgehead atoms. The van der Waals surface area contributed by atoms with Gasteiger partial charge in [0.05, 0.1) is 5.56 Å². The Hall–Kier alpha value is -2.86. The number of hydrogen-bond donors (Lipinski definition) is 4. The number of rotatable bonds is 10. The number of carbonyl (C=O) groups is 2. The van der Waals surface area contributed by atoms with Crippen LogP contribution >= 0.6 is 11.5 Å². The number of primary amides is 1. The minimum atomic E-state index is -1.40. The highest BCUT2D eigenvalue weighted by molar-refractivity contribution is 7.11. The third-order valence-electron chi connectivity index (χ3n) is 5.59. The minimum absolute atomic E-state index is 0.0210. The zero-order chi connectivity index (χ0) is 24.7. The number of nitrogens with one attached hydrogen (secondary N) is 3. The molecule has 0 radical (unpaired) electrons. The van der Waals surface area contributed by atoms with E-state index in [1.165, 1.54) is 39.0 Å². The first-order valence-corrected chi connectivity index (χ1v) is 11.9. The number of halogens is 3. The molecule has 3 amide bonds. The second-order valence-corrected chi connectivity index (χ2v) is 8.87. The number of aromatic nitrogens is 1. The molecule has 0 saturated heterocycles. The summed E-state index contributed by atoms with van der Waals surface area (Å²) in [6.07, 6.45) is 5.53. The van der Waals surface area contributed by atoms with Crippen LogP contribution in [0.2, 0.25) is 0 Å². The lowest BCUT2D eigenvalue weighted by atomic mass is 9.95. The van der Waals surface area contributed by atoms with Crippen LogP contribution in [0.1, 0.15) is 67.5 Å². The largest absolute Gasteiger partial charge is 0.468 e. The van der Waals surface area contributed by atoms with Crippen molar-refractivity contribution in [2.24, 2.45) is 5.73 Å². The molecule has 12 heteroatoms. The second-order valence-electron chi connectivity index (χ2n) is 8.10. The average Bonchev–Trinajstić information content (AvgIpc) is 3.19. The van der Waals surface area contributed by atoms with Crippen LogP contribution in [0.15, 0.2) is 12.1 Å². The van der Waals surface area contributed by atoms with Crippen LogP contribution in [-0.2, 0) is 0 Å². The molecule has 1 saturated carbocycles. The lowest BCUT2D eigenvalue weighted by Crippen LogP contribution is -2.35. The van der Waals surface area contributed by atoms with E-state index in [0.717, 1.165) is 30.6 Å². The lowest BCUT2D eigenvalue weighted by Gasteiger charge is -2.22. The maximum absolute atomic E-state index is 14.1. The first-order chi connectivity index (χ1) is 16.3. The van der Waals surface area contributed by atoms with E-state index in [0.29, 0.717) is 18.7 Å². The normalized spacial score (nSPS) is 15.1. The van der Waals surface area contributed by atoms with Crippen LogP contribution in [0.4, 0.5) is 23.0 Å². The first-order valence-electron chi connectivity index (χ1n) is 11.2. The zero-order valence-corrected chi connectivity index (χ0v) is 19.6. The molecular weight excluding hydrogens is 471 g/mol. The minimum Gasteiger partial charge on any atom is -0.468 e. The van der Waals surface area contributed by atoms with E-state index in [4.69, 9.17) is 10.5 Å². The summed E-state index contributed by atoms with van der Waals surface area (Å²) in [6, 6.07) is 1.40. The summed E-state index contributed by atoms with van der Waals surface area (Å²) in [5, 5.41) is 8.68. The van der Waals surface area contributed by atoms with Gasteiger partial charge in [-0.2, -0.15) is 4.37 Å². The number of urea groups is 1. The monoisotopic (exact) mass is 499 g/mol. The molecule has 1 aliphatic carbocycles. The third-order valence-corrected chi connectivity index (χ3v) is 6.33. The van der Waals surface area contributed by atoms with Gasteiger partial charge in [-0.3, -0.25) is 10.1 Å². The fraction of sp³-hybridized carbons (Fsp3) is 0.500. The summed E-state index contributed by atoms with van der Waals surface area (Å²) in [4.78, 5) is 24.2. The molecule has 8 nitrogen and oxygen atoms in total. The Bertz CT molecular complexity index is 1010. The van der Waals surface area contributed by atoms with Gasteiger partial charge >= 0.3 is 6.03 Å². The number of benzene rings is 1. The predicted molar refractivity (Wildman–Crippen MR) is 123 cm³/mol. The summed E-state index contributed by atoms with van der Waals surface area (Å²) in [5.74, 6) is -4.94. The third kappa shape index (κ3) is 6.60. The van der Waals surface area contributed by atoms with Crippen molar-refractivity contribution in [3.63, 3.8) is 0 Å². The number of amides is 3. The van der Waals surface area contributed by atoms with Gasteiger partial charge in [0.25, 0.3) is 5.91 Å². The van der Waals surface area contributed by atoms with Gasteiger partial charge in [0.15, 0.2) is 11.6 Å². The van der Waals surface area contributed by atoms with Gasteiger partial charge in [-0.25, -0.2) is 18.0 Å². The zero-order valence-electron chi connectivity index (χ0n) is 18.8. The maximum Gasteiger partial charge on any atom is 0.319 e. The van der Waals surface area contributed by atoms with Crippen LogP contribution < -0.4 is 26.4 Å². The molecule has 0 aliphatic heterocycles. The molecule has 1 atom stereocenters. The van der Waals surface area contributed by atoms with Crippen LogP contribution in [0, 0.1) is 17.5 Å². The topological polar surface area (TPSA) is 118 Å². The average molecular weight is 500 g/mol. The molecule has 1 aromatic carbocycles. The Labute approximate surface area is 199 Å².